The Bertz CT molecular complexity index is 581. The van der Waals surface area contributed by atoms with E-state index in [0.29, 0.717) is 6.54 Å². The van der Waals surface area contributed by atoms with Gasteiger partial charge in [-0.3, -0.25) is 0 Å². The van der Waals surface area contributed by atoms with Gasteiger partial charge in [0.1, 0.15) is 5.75 Å². The Hall–Kier alpha value is -1.80. The van der Waals surface area contributed by atoms with Crippen LogP contribution in [0.5, 0.6) is 5.75 Å². The Morgan fingerprint density at radius 2 is 1.76 bits per heavy atom. The van der Waals surface area contributed by atoms with Crippen molar-refractivity contribution in [2.75, 3.05) is 13.2 Å². The van der Waals surface area contributed by atoms with Crippen molar-refractivity contribution in [3.8, 4) is 5.75 Å². The van der Waals surface area contributed by atoms with Crippen LogP contribution in [0, 0.1) is 0 Å². The lowest BCUT2D eigenvalue weighted by Gasteiger charge is -2.38. The maximum Gasteiger partial charge on any atom is 0.123 e. The molecule has 0 radical (unpaired) electrons. The molecule has 110 valence electrons. The van der Waals surface area contributed by atoms with Gasteiger partial charge in [-0.05, 0) is 37.3 Å². The summed E-state index contributed by atoms with van der Waals surface area (Å²) in [5.74, 6) is 1.02. The van der Waals surface area contributed by atoms with Gasteiger partial charge in [0.15, 0.2) is 0 Å². The van der Waals surface area contributed by atoms with E-state index in [-0.39, 0.29) is 5.41 Å². The summed E-state index contributed by atoms with van der Waals surface area (Å²) >= 11 is 0. The first-order chi connectivity index (χ1) is 10.3. The van der Waals surface area contributed by atoms with Crippen molar-refractivity contribution in [2.45, 2.75) is 31.1 Å². The summed E-state index contributed by atoms with van der Waals surface area (Å²) in [5.41, 5.74) is 8.97. The Labute approximate surface area is 126 Å². The van der Waals surface area contributed by atoms with E-state index in [2.05, 4.69) is 48.5 Å². The molecular weight excluding hydrogens is 258 g/mol. The molecule has 0 fully saturated rings. The molecule has 1 atom stereocenters. The van der Waals surface area contributed by atoms with E-state index in [1.54, 1.807) is 0 Å². The van der Waals surface area contributed by atoms with Crippen molar-refractivity contribution in [3.05, 3.63) is 65.7 Å². The molecule has 1 aliphatic heterocycles. The Kier molecular flexibility index (Phi) is 4.26. The number of rotatable bonds is 5. The Morgan fingerprint density at radius 1 is 1.00 bits per heavy atom. The number of para-hydroxylation sites is 1. The fourth-order valence-corrected chi connectivity index (χ4v) is 3.37. The van der Waals surface area contributed by atoms with E-state index in [1.807, 2.05) is 6.07 Å². The minimum atomic E-state index is 0.0869. The fourth-order valence-electron chi connectivity index (χ4n) is 3.37. The molecule has 0 aromatic heterocycles. The van der Waals surface area contributed by atoms with Gasteiger partial charge in [-0.2, -0.15) is 0 Å². The quantitative estimate of drug-likeness (QED) is 0.907. The third kappa shape index (κ3) is 2.96. The van der Waals surface area contributed by atoms with Crippen LogP contribution in [-0.4, -0.2) is 13.2 Å². The summed E-state index contributed by atoms with van der Waals surface area (Å²) in [7, 11) is 0. The van der Waals surface area contributed by atoms with E-state index in [0.717, 1.165) is 38.0 Å². The molecule has 2 heteroatoms. The largest absolute Gasteiger partial charge is 0.493 e. The molecule has 2 nitrogen and oxygen atoms in total. The molecule has 0 aliphatic carbocycles. The summed E-state index contributed by atoms with van der Waals surface area (Å²) in [6.45, 7) is 1.47. The molecule has 0 amide bonds. The molecule has 3 rings (SSSR count). The molecular formula is C19H23NO. The van der Waals surface area contributed by atoms with Crippen LogP contribution >= 0.6 is 0 Å². The second-order valence-electron chi connectivity index (χ2n) is 5.92. The lowest BCUT2D eigenvalue weighted by molar-refractivity contribution is 0.206. The Balaban J connectivity index is 1.73. The van der Waals surface area contributed by atoms with Gasteiger partial charge in [-0.1, -0.05) is 48.5 Å². The van der Waals surface area contributed by atoms with Crippen LogP contribution in [0.3, 0.4) is 0 Å². The molecule has 0 saturated carbocycles. The molecule has 0 saturated heterocycles. The summed E-state index contributed by atoms with van der Waals surface area (Å²) in [6.07, 6.45) is 4.43. The highest BCUT2D eigenvalue weighted by Crippen LogP contribution is 2.41. The SMILES string of the molecule is NCC1(CCCc2ccccc2)CCOc2ccccc21. The zero-order chi connectivity index (χ0) is 14.5. The van der Waals surface area contributed by atoms with Crippen LogP contribution in [0.15, 0.2) is 54.6 Å². The summed E-state index contributed by atoms with van der Waals surface area (Å²) in [6, 6.07) is 19.1. The topological polar surface area (TPSA) is 35.2 Å². The number of ether oxygens (including phenoxy) is 1. The molecule has 2 N–H and O–H groups in total. The van der Waals surface area contributed by atoms with Gasteiger partial charge < -0.3 is 10.5 Å². The van der Waals surface area contributed by atoms with Crippen molar-refractivity contribution in [2.24, 2.45) is 5.73 Å². The summed E-state index contributed by atoms with van der Waals surface area (Å²) in [5, 5.41) is 0. The van der Waals surface area contributed by atoms with Crippen molar-refractivity contribution in [1.29, 1.82) is 0 Å². The number of hydrogen-bond acceptors (Lipinski definition) is 2. The predicted molar refractivity (Wildman–Crippen MR) is 86.7 cm³/mol. The van der Waals surface area contributed by atoms with Crippen LogP contribution in [-0.2, 0) is 11.8 Å². The molecule has 2 aromatic rings. The first-order valence-corrected chi connectivity index (χ1v) is 7.80. The van der Waals surface area contributed by atoms with E-state index in [4.69, 9.17) is 10.5 Å². The zero-order valence-corrected chi connectivity index (χ0v) is 12.4. The highest BCUT2D eigenvalue weighted by molar-refractivity contribution is 5.41. The first kappa shape index (κ1) is 14.2. The van der Waals surface area contributed by atoms with Gasteiger partial charge >= 0.3 is 0 Å². The number of benzene rings is 2. The second-order valence-corrected chi connectivity index (χ2v) is 5.92. The molecule has 1 unspecified atom stereocenters. The number of aryl methyl sites for hydroxylation is 1. The maximum absolute atomic E-state index is 6.18. The number of nitrogens with two attached hydrogens (primary N) is 1. The molecule has 1 heterocycles. The van der Waals surface area contributed by atoms with Gasteiger partial charge in [0.2, 0.25) is 0 Å². The van der Waals surface area contributed by atoms with E-state index in [9.17, 15) is 0 Å². The first-order valence-electron chi connectivity index (χ1n) is 7.80. The normalized spacial score (nSPS) is 20.6. The minimum Gasteiger partial charge on any atom is -0.493 e. The van der Waals surface area contributed by atoms with Crippen molar-refractivity contribution in [3.63, 3.8) is 0 Å². The van der Waals surface area contributed by atoms with Crippen molar-refractivity contribution < 1.29 is 4.74 Å². The molecule has 2 aromatic carbocycles. The van der Waals surface area contributed by atoms with Crippen molar-refractivity contribution in [1.82, 2.24) is 0 Å². The highest BCUT2D eigenvalue weighted by Gasteiger charge is 2.35. The average molecular weight is 281 g/mol. The predicted octanol–water partition coefficient (Wildman–Crippen LogP) is 3.69. The van der Waals surface area contributed by atoms with E-state index >= 15 is 0 Å². The number of hydrogen-bond donors (Lipinski definition) is 1. The lowest BCUT2D eigenvalue weighted by Crippen LogP contribution is -2.40. The monoisotopic (exact) mass is 281 g/mol. The lowest BCUT2D eigenvalue weighted by atomic mass is 9.72. The summed E-state index contributed by atoms with van der Waals surface area (Å²) < 4.78 is 5.79. The van der Waals surface area contributed by atoms with Crippen LogP contribution in [0.25, 0.3) is 0 Å². The standard InChI is InChI=1S/C19H23NO/c20-15-19(12-6-9-16-7-2-1-3-8-16)13-14-21-18-11-5-4-10-17(18)19/h1-5,7-8,10-11H,6,9,12-15,20H2. The molecule has 0 bridgehead atoms. The highest BCUT2D eigenvalue weighted by atomic mass is 16.5. The van der Waals surface area contributed by atoms with Crippen LogP contribution in [0.2, 0.25) is 0 Å². The van der Waals surface area contributed by atoms with E-state index in [1.165, 1.54) is 11.1 Å². The van der Waals surface area contributed by atoms with Gasteiger partial charge in [-0.15, -0.1) is 0 Å². The van der Waals surface area contributed by atoms with Crippen LogP contribution in [0.1, 0.15) is 30.4 Å². The zero-order valence-electron chi connectivity index (χ0n) is 12.4. The maximum atomic E-state index is 6.18. The average Bonchev–Trinajstić information content (AvgIpc) is 2.56. The van der Waals surface area contributed by atoms with Gasteiger partial charge in [0.25, 0.3) is 0 Å². The van der Waals surface area contributed by atoms with Crippen LogP contribution in [0.4, 0.5) is 0 Å². The second kappa shape index (κ2) is 6.31. The third-order valence-electron chi connectivity index (χ3n) is 4.65. The molecule has 1 aliphatic rings. The fraction of sp³-hybridized carbons (Fsp3) is 0.368. The minimum absolute atomic E-state index is 0.0869. The van der Waals surface area contributed by atoms with Gasteiger partial charge in [0.05, 0.1) is 6.61 Å². The van der Waals surface area contributed by atoms with Crippen LogP contribution < -0.4 is 10.5 Å². The molecule has 0 spiro atoms. The summed E-state index contributed by atoms with van der Waals surface area (Å²) in [4.78, 5) is 0. The third-order valence-corrected chi connectivity index (χ3v) is 4.65. The molecule has 21 heavy (non-hydrogen) atoms. The van der Waals surface area contributed by atoms with Gasteiger partial charge in [0, 0.05) is 17.5 Å². The number of fused-ring (bicyclic) bond motifs is 1. The Morgan fingerprint density at radius 3 is 2.57 bits per heavy atom. The van der Waals surface area contributed by atoms with Crippen molar-refractivity contribution >= 4 is 0 Å². The smallest absolute Gasteiger partial charge is 0.123 e. The van der Waals surface area contributed by atoms with E-state index < -0.39 is 0 Å². The van der Waals surface area contributed by atoms with Gasteiger partial charge in [-0.25, -0.2) is 0 Å².